The molecule has 0 bridgehead atoms. The van der Waals surface area contributed by atoms with Crippen LogP contribution in [-0.2, 0) is 4.79 Å². The molecule has 3 nitrogen and oxygen atoms in total. The van der Waals surface area contributed by atoms with E-state index >= 15 is 0 Å². The van der Waals surface area contributed by atoms with Crippen molar-refractivity contribution >= 4 is 27.6 Å². The van der Waals surface area contributed by atoms with E-state index in [1.807, 2.05) is 6.92 Å². The highest BCUT2D eigenvalue weighted by Gasteiger charge is 2.02. The summed E-state index contributed by atoms with van der Waals surface area (Å²) < 4.78 is 0.915. The molecular formula is C13H14BrNO2. The molecule has 90 valence electrons. The second-order valence-corrected chi connectivity index (χ2v) is 4.41. The molecular weight excluding hydrogens is 282 g/mol. The van der Waals surface area contributed by atoms with Crippen LogP contribution in [0.25, 0.3) is 0 Å². The largest absolute Gasteiger partial charge is 0.353 e. The summed E-state index contributed by atoms with van der Waals surface area (Å²) in [6.45, 7) is 2.59. The lowest BCUT2D eigenvalue weighted by atomic mass is 10.1. The van der Waals surface area contributed by atoms with Gasteiger partial charge in [-0.05, 0) is 36.8 Å². The summed E-state index contributed by atoms with van der Waals surface area (Å²) in [4.78, 5) is 22.9. The zero-order valence-corrected chi connectivity index (χ0v) is 11.2. The van der Waals surface area contributed by atoms with E-state index in [1.54, 1.807) is 24.3 Å². The molecule has 1 aromatic carbocycles. The topological polar surface area (TPSA) is 46.2 Å². The van der Waals surface area contributed by atoms with E-state index in [-0.39, 0.29) is 11.7 Å². The third-order valence-electron chi connectivity index (χ3n) is 2.06. The molecule has 0 fully saturated rings. The monoisotopic (exact) mass is 295 g/mol. The van der Waals surface area contributed by atoms with Crippen LogP contribution in [0.1, 0.15) is 23.7 Å². The van der Waals surface area contributed by atoms with Gasteiger partial charge in [-0.2, -0.15) is 0 Å². The highest BCUT2D eigenvalue weighted by molar-refractivity contribution is 9.10. The number of carbonyl (C=O) groups excluding carboxylic acids is 2. The minimum atomic E-state index is -0.239. The van der Waals surface area contributed by atoms with E-state index in [4.69, 9.17) is 0 Å². The van der Waals surface area contributed by atoms with E-state index in [0.29, 0.717) is 12.1 Å². The minimum Gasteiger partial charge on any atom is -0.353 e. The average Bonchev–Trinajstić information content (AvgIpc) is 2.34. The van der Waals surface area contributed by atoms with Gasteiger partial charge in [-0.1, -0.05) is 22.9 Å². The fourth-order valence-corrected chi connectivity index (χ4v) is 1.43. The fourth-order valence-electron chi connectivity index (χ4n) is 1.17. The van der Waals surface area contributed by atoms with E-state index in [1.165, 1.54) is 12.2 Å². The van der Waals surface area contributed by atoms with Crippen LogP contribution in [-0.4, -0.2) is 18.2 Å². The highest BCUT2D eigenvalue weighted by atomic mass is 79.9. The van der Waals surface area contributed by atoms with Crippen molar-refractivity contribution in [1.29, 1.82) is 0 Å². The lowest BCUT2D eigenvalue weighted by Crippen LogP contribution is -2.21. The number of hydrogen-bond donors (Lipinski definition) is 1. The maximum absolute atomic E-state index is 11.7. The minimum absolute atomic E-state index is 0.177. The molecule has 0 radical (unpaired) electrons. The average molecular weight is 296 g/mol. The molecule has 0 aliphatic carbocycles. The van der Waals surface area contributed by atoms with Crippen LogP contribution in [0, 0.1) is 0 Å². The quantitative estimate of drug-likeness (QED) is 0.671. The van der Waals surface area contributed by atoms with Crippen LogP contribution in [0.3, 0.4) is 0 Å². The van der Waals surface area contributed by atoms with Crippen molar-refractivity contribution in [2.75, 3.05) is 6.54 Å². The number of amides is 1. The lowest BCUT2D eigenvalue weighted by molar-refractivity contribution is -0.116. The third-order valence-corrected chi connectivity index (χ3v) is 2.59. The second-order valence-electron chi connectivity index (χ2n) is 3.50. The van der Waals surface area contributed by atoms with Gasteiger partial charge in [-0.25, -0.2) is 0 Å². The van der Waals surface area contributed by atoms with Crippen molar-refractivity contribution in [2.24, 2.45) is 0 Å². The van der Waals surface area contributed by atoms with Crippen LogP contribution >= 0.6 is 15.9 Å². The molecule has 0 atom stereocenters. The number of nitrogens with one attached hydrogen (secondary N) is 1. The molecule has 17 heavy (non-hydrogen) atoms. The normalized spacial score (nSPS) is 10.5. The Morgan fingerprint density at radius 2 is 1.88 bits per heavy atom. The Balaban J connectivity index is 2.57. The van der Waals surface area contributed by atoms with E-state index in [0.717, 1.165) is 10.9 Å². The first-order valence-electron chi connectivity index (χ1n) is 5.39. The van der Waals surface area contributed by atoms with Crippen molar-refractivity contribution in [3.8, 4) is 0 Å². The smallest absolute Gasteiger partial charge is 0.244 e. The Bertz CT molecular complexity index is 424. The van der Waals surface area contributed by atoms with Gasteiger partial charge in [0.1, 0.15) is 0 Å². The van der Waals surface area contributed by atoms with Crippen LogP contribution in [0.5, 0.6) is 0 Å². The Morgan fingerprint density at radius 3 is 2.47 bits per heavy atom. The van der Waals surface area contributed by atoms with Crippen molar-refractivity contribution in [2.45, 2.75) is 13.3 Å². The summed E-state index contributed by atoms with van der Waals surface area (Å²) >= 11 is 3.29. The zero-order valence-electron chi connectivity index (χ0n) is 9.57. The number of carbonyl (C=O) groups is 2. The number of rotatable bonds is 5. The van der Waals surface area contributed by atoms with Gasteiger partial charge in [0.05, 0.1) is 0 Å². The second kappa shape index (κ2) is 7.01. The molecule has 0 spiro atoms. The van der Waals surface area contributed by atoms with Gasteiger partial charge in [0.15, 0.2) is 5.78 Å². The number of ketones is 1. The van der Waals surface area contributed by atoms with Gasteiger partial charge in [-0.3, -0.25) is 9.59 Å². The molecule has 1 amide bonds. The van der Waals surface area contributed by atoms with Crippen LogP contribution in [0.2, 0.25) is 0 Å². The van der Waals surface area contributed by atoms with Crippen LogP contribution < -0.4 is 5.32 Å². The number of halogens is 1. The van der Waals surface area contributed by atoms with Crippen molar-refractivity contribution in [3.63, 3.8) is 0 Å². The summed E-state index contributed by atoms with van der Waals surface area (Å²) in [5.41, 5.74) is 0.563. The molecule has 0 aromatic heterocycles. The highest BCUT2D eigenvalue weighted by Crippen LogP contribution is 2.11. The summed E-state index contributed by atoms with van der Waals surface area (Å²) in [5, 5.41) is 2.66. The molecule has 0 saturated heterocycles. The Hall–Kier alpha value is -1.42. The summed E-state index contributed by atoms with van der Waals surface area (Å²) in [7, 11) is 0. The lowest BCUT2D eigenvalue weighted by Gasteiger charge is -1.98. The summed E-state index contributed by atoms with van der Waals surface area (Å²) in [6, 6.07) is 7.00. The summed E-state index contributed by atoms with van der Waals surface area (Å²) in [6.07, 6.45) is 3.43. The van der Waals surface area contributed by atoms with Crippen molar-refractivity contribution in [3.05, 3.63) is 46.5 Å². The SMILES string of the molecule is CCCNC(=O)/C=C/C(=O)c1ccc(Br)cc1. The predicted molar refractivity (Wildman–Crippen MR) is 70.9 cm³/mol. The summed E-state index contributed by atoms with van der Waals surface area (Å²) in [5.74, 6) is -0.415. The number of hydrogen-bond acceptors (Lipinski definition) is 2. The van der Waals surface area contributed by atoms with Gasteiger partial charge < -0.3 is 5.32 Å². The molecule has 1 N–H and O–H groups in total. The molecule has 0 heterocycles. The number of allylic oxidation sites excluding steroid dienone is 1. The molecule has 0 saturated carbocycles. The first-order valence-corrected chi connectivity index (χ1v) is 6.18. The Kier molecular flexibility index (Phi) is 5.63. The molecule has 0 aliphatic rings. The maximum Gasteiger partial charge on any atom is 0.244 e. The van der Waals surface area contributed by atoms with Crippen LogP contribution in [0.4, 0.5) is 0 Å². The first kappa shape index (κ1) is 13.6. The molecule has 0 unspecified atom stereocenters. The van der Waals surface area contributed by atoms with Gasteiger partial charge in [0.2, 0.25) is 5.91 Å². The van der Waals surface area contributed by atoms with E-state index in [9.17, 15) is 9.59 Å². The van der Waals surface area contributed by atoms with Gasteiger partial charge in [0, 0.05) is 22.7 Å². The Labute approximate surface area is 109 Å². The van der Waals surface area contributed by atoms with E-state index < -0.39 is 0 Å². The van der Waals surface area contributed by atoms with Gasteiger partial charge >= 0.3 is 0 Å². The predicted octanol–water partition coefficient (Wildman–Crippen LogP) is 2.71. The zero-order chi connectivity index (χ0) is 12.7. The fraction of sp³-hybridized carbons (Fsp3) is 0.231. The third kappa shape index (κ3) is 4.95. The standard InChI is InChI=1S/C13H14BrNO2/c1-2-9-15-13(17)8-7-12(16)10-3-5-11(14)6-4-10/h3-8H,2,9H2,1H3,(H,15,17)/b8-7+. The molecule has 0 aliphatic heterocycles. The number of benzene rings is 1. The molecule has 4 heteroatoms. The molecule has 1 aromatic rings. The van der Waals surface area contributed by atoms with Crippen molar-refractivity contribution in [1.82, 2.24) is 5.32 Å². The van der Waals surface area contributed by atoms with Crippen molar-refractivity contribution < 1.29 is 9.59 Å². The van der Waals surface area contributed by atoms with Crippen LogP contribution in [0.15, 0.2) is 40.9 Å². The van der Waals surface area contributed by atoms with Gasteiger partial charge in [-0.15, -0.1) is 0 Å². The van der Waals surface area contributed by atoms with Gasteiger partial charge in [0.25, 0.3) is 0 Å². The first-order chi connectivity index (χ1) is 8.13. The maximum atomic E-state index is 11.7. The molecule has 1 rings (SSSR count). The Morgan fingerprint density at radius 1 is 1.24 bits per heavy atom. The van der Waals surface area contributed by atoms with E-state index in [2.05, 4.69) is 21.2 Å².